The van der Waals surface area contributed by atoms with E-state index < -0.39 is 0 Å². The van der Waals surface area contributed by atoms with Crippen LogP contribution in [0.5, 0.6) is 0 Å². The number of likely N-dealkylation sites (N-methyl/N-ethyl adjacent to an activating group) is 1. The number of rotatable bonds is 3. The molecule has 1 aliphatic rings. The number of aromatic nitrogens is 1. The fourth-order valence-corrected chi connectivity index (χ4v) is 3.88. The van der Waals surface area contributed by atoms with E-state index in [2.05, 4.69) is 10.3 Å². The van der Waals surface area contributed by atoms with E-state index in [0.717, 1.165) is 47.1 Å². The Kier molecular flexibility index (Phi) is 4.55. The first kappa shape index (κ1) is 15.2. The van der Waals surface area contributed by atoms with Crippen LogP contribution in [-0.4, -0.2) is 42.0 Å². The van der Waals surface area contributed by atoms with E-state index in [1.54, 1.807) is 0 Å². The van der Waals surface area contributed by atoms with E-state index in [1.165, 1.54) is 11.3 Å². The molecule has 1 N–H and O–H groups in total. The Balaban J connectivity index is 1.83. The highest BCUT2D eigenvalue weighted by Gasteiger charge is 2.26. The van der Waals surface area contributed by atoms with E-state index in [1.807, 2.05) is 49.2 Å². The van der Waals surface area contributed by atoms with Crippen molar-refractivity contribution in [1.82, 2.24) is 15.2 Å². The second kappa shape index (κ2) is 6.58. The zero-order valence-corrected chi connectivity index (χ0v) is 13.8. The number of piperidine rings is 1. The molecule has 0 spiro atoms. The molecular formula is C17H21N3OS. The molecule has 1 unspecified atom stereocenters. The average molecular weight is 315 g/mol. The first-order chi connectivity index (χ1) is 10.7. The van der Waals surface area contributed by atoms with Crippen molar-refractivity contribution >= 4 is 17.2 Å². The third kappa shape index (κ3) is 3.05. The standard InChI is InChI=1S/C17H21N3OS/c1-12-15(17(21)20-10-6-9-14(11-20)18-2)22-16(19-12)13-7-4-3-5-8-13/h3-5,7-8,14,18H,6,9-11H2,1-2H3. The number of likely N-dealkylation sites (tertiary alicyclic amines) is 1. The van der Waals surface area contributed by atoms with Crippen molar-refractivity contribution in [3.05, 3.63) is 40.9 Å². The maximum Gasteiger partial charge on any atom is 0.265 e. The molecule has 1 aromatic carbocycles. The molecule has 0 aliphatic carbocycles. The van der Waals surface area contributed by atoms with Gasteiger partial charge in [0.2, 0.25) is 0 Å². The molecule has 2 heterocycles. The predicted octanol–water partition coefficient (Wildman–Crippen LogP) is 2.94. The van der Waals surface area contributed by atoms with Gasteiger partial charge in [-0.2, -0.15) is 0 Å². The molecule has 4 nitrogen and oxygen atoms in total. The molecule has 1 fully saturated rings. The predicted molar refractivity (Wildman–Crippen MR) is 90.3 cm³/mol. The monoisotopic (exact) mass is 315 g/mol. The highest BCUT2D eigenvalue weighted by molar-refractivity contribution is 7.17. The summed E-state index contributed by atoms with van der Waals surface area (Å²) in [5.41, 5.74) is 1.90. The lowest BCUT2D eigenvalue weighted by Gasteiger charge is -2.32. The second-order valence-electron chi connectivity index (χ2n) is 5.68. The normalized spacial score (nSPS) is 18.5. The van der Waals surface area contributed by atoms with Crippen molar-refractivity contribution < 1.29 is 4.79 Å². The highest BCUT2D eigenvalue weighted by atomic mass is 32.1. The molecule has 0 saturated carbocycles. The molecule has 1 saturated heterocycles. The van der Waals surface area contributed by atoms with Crippen LogP contribution in [0.3, 0.4) is 0 Å². The average Bonchev–Trinajstić information content (AvgIpc) is 2.97. The lowest BCUT2D eigenvalue weighted by molar-refractivity contribution is 0.0702. The van der Waals surface area contributed by atoms with Gasteiger partial charge in [-0.05, 0) is 26.8 Å². The summed E-state index contributed by atoms with van der Waals surface area (Å²) in [6, 6.07) is 10.4. The van der Waals surface area contributed by atoms with Crippen LogP contribution in [0, 0.1) is 6.92 Å². The number of carbonyl (C=O) groups excluding carboxylic acids is 1. The van der Waals surface area contributed by atoms with Crippen LogP contribution in [0.15, 0.2) is 30.3 Å². The molecule has 3 rings (SSSR count). The zero-order valence-electron chi connectivity index (χ0n) is 13.0. The van der Waals surface area contributed by atoms with Crippen LogP contribution in [0.4, 0.5) is 0 Å². The molecule has 0 radical (unpaired) electrons. The van der Waals surface area contributed by atoms with Crippen LogP contribution in [0.25, 0.3) is 10.6 Å². The van der Waals surface area contributed by atoms with Crippen LogP contribution in [0.2, 0.25) is 0 Å². The number of nitrogens with one attached hydrogen (secondary N) is 1. The molecular weight excluding hydrogens is 294 g/mol. The largest absolute Gasteiger partial charge is 0.336 e. The van der Waals surface area contributed by atoms with Crippen molar-refractivity contribution in [2.24, 2.45) is 0 Å². The number of hydrogen-bond donors (Lipinski definition) is 1. The minimum absolute atomic E-state index is 0.122. The number of benzene rings is 1. The summed E-state index contributed by atoms with van der Waals surface area (Å²) in [5, 5.41) is 4.20. The Hall–Kier alpha value is -1.72. The Morgan fingerprint density at radius 2 is 2.14 bits per heavy atom. The summed E-state index contributed by atoms with van der Waals surface area (Å²) >= 11 is 1.50. The van der Waals surface area contributed by atoms with Crippen LogP contribution < -0.4 is 5.32 Å². The van der Waals surface area contributed by atoms with Gasteiger partial charge in [0, 0.05) is 24.7 Å². The van der Waals surface area contributed by atoms with Gasteiger partial charge in [0.1, 0.15) is 9.88 Å². The van der Waals surface area contributed by atoms with Crippen molar-refractivity contribution in [3.8, 4) is 10.6 Å². The fourth-order valence-electron chi connectivity index (χ4n) is 2.84. The summed E-state index contributed by atoms with van der Waals surface area (Å²) in [7, 11) is 1.96. The van der Waals surface area contributed by atoms with Gasteiger partial charge in [-0.3, -0.25) is 4.79 Å². The van der Waals surface area contributed by atoms with Crippen LogP contribution >= 0.6 is 11.3 Å². The third-order valence-electron chi connectivity index (χ3n) is 4.13. The quantitative estimate of drug-likeness (QED) is 0.947. The van der Waals surface area contributed by atoms with Crippen LogP contribution in [0.1, 0.15) is 28.2 Å². The van der Waals surface area contributed by atoms with E-state index in [9.17, 15) is 4.79 Å². The number of aryl methyl sites for hydroxylation is 1. The molecule has 5 heteroatoms. The van der Waals surface area contributed by atoms with Gasteiger partial charge < -0.3 is 10.2 Å². The molecule has 1 aromatic heterocycles. The van der Waals surface area contributed by atoms with Gasteiger partial charge in [-0.1, -0.05) is 30.3 Å². The minimum Gasteiger partial charge on any atom is -0.336 e. The lowest BCUT2D eigenvalue weighted by Crippen LogP contribution is -2.46. The third-order valence-corrected chi connectivity index (χ3v) is 5.32. The lowest BCUT2D eigenvalue weighted by atomic mass is 10.1. The van der Waals surface area contributed by atoms with Gasteiger partial charge in [0.25, 0.3) is 5.91 Å². The summed E-state index contributed by atoms with van der Waals surface area (Å²) in [4.78, 5) is 20.1. The van der Waals surface area contributed by atoms with Gasteiger partial charge in [-0.25, -0.2) is 4.98 Å². The number of carbonyl (C=O) groups is 1. The topological polar surface area (TPSA) is 45.2 Å². The summed E-state index contributed by atoms with van der Waals surface area (Å²) in [6.45, 7) is 3.55. The Bertz CT molecular complexity index is 653. The van der Waals surface area contributed by atoms with Crippen molar-refractivity contribution in [2.75, 3.05) is 20.1 Å². The molecule has 1 aliphatic heterocycles. The number of amides is 1. The van der Waals surface area contributed by atoms with Crippen LogP contribution in [-0.2, 0) is 0 Å². The Morgan fingerprint density at radius 3 is 2.86 bits per heavy atom. The molecule has 116 valence electrons. The Labute approximate surface area is 135 Å². The van der Waals surface area contributed by atoms with Crippen molar-refractivity contribution in [2.45, 2.75) is 25.8 Å². The number of nitrogens with zero attached hydrogens (tertiary/aromatic N) is 2. The maximum atomic E-state index is 12.8. The van der Waals surface area contributed by atoms with Crippen molar-refractivity contribution in [3.63, 3.8) is 0 Å². The summed E-state index contributed by atoms with van der Waals surface area (Å²) in [6.07, 6.45) is 2.19. The van der Waals surface area contributed by atoms with E-state index in [0.29, 0.717) is 6.04 Å². The van der Waals surface area contributed by atoms with E-state index >= 15 is 0 Å². The molecule has 22 heavy (non-hydrogen) atoms. The van der Waals surface area contributed by atoms with Crippen molar-refractivity contribution in [1.29, 1.82) is 0 Å². The Morgan fingerprint density at radius 1 is 1.36 bits per heavy atom. The zero-order chi connectivity index (χ0) is 15.5. The molecule has 1 atom stereocenters. The minimum atomic E-state index is 0.122. The highest BCUT2D eigenvalue weighted by Crippen LogP contribution is 2.29. The fraction of sp³-hybridized carbons (Fsp3) is 0.412. The first-order valence-electron chi connectivity index (χ1n) is 7.68. The van der Waals surface area contributed by atoms with Gasteiger partial charge >= 0.3 is 0 Å². The summed E-state index contributed by atoms with van der Waals surface area (Å²) in [5.74, 6) is 0.122. The number of thiazole rings is 1. The molecule has 0 bridgehead atoms. The van der Waals surface area contributed by atoms with E-state index in [4.69, 9.17) is 0 Å². The smallest absolute Gasteiger partial charge is 0.265 e. The summed E-state index contributed by atoms with van der Waals surface area (Å²) < 4.78 is 0. The van der Waals surface area contributed by atoms with Gasteiger partial charge in [0.05, 0.1) is 5.69 Å². The second-order valence-corrected chi connectivity index (χ2v) is 6.68. The molecule has 2 aromatic rings. The maximum absolute atomic E-state index is 12.8. The number of hydrogen-bond acceptors (Lipinski definition) is 4. The van der Waals surface area contributed by atoms with Gasteiger partial charge in [-0.15, -0.1) is 11.3 Å². The van der Waals surface area contributed by atoms with E-state index in [-0.39, 0.29) is 5.91 Å². The SMILES string of the molecule is CNC1CCCN(C(=O)c2sc(-c3ccccc3)nc2C)C1. The first-order valence-corrected chi connectivity index (χ1v) is 8.50. The van der Waals surface area contributed by atoms with Gasteiger partial charge in [0.15, 0.2) is 0 Å². The molecule has 1 amide bonds.